The molecule has 0 N–H and O–H groups in total. The zero-order chi connectivity index (χ0) is 18.7. The van der Waals surface area contributed by atoms with Crippen molar-refractivity contribution in [2.24, 2.45) is 0 Å². The molecule has 7 heteroatoms. The summed E-state index contributed by atoms with van der Waals surface area (Å²) in [5.41, 5.74) is 1.65. The van der Waals surface area contributed by atoms with Crippen molar-refractivity contribution in [2.75, 3.05) is 24.2 Å². The fraction of sp³-hybridized carbons (Fsp3) is 0.368. The summed E-state index contributed by atoms with van der Waals surface area (Å²) in [5, 5.41) is 11.5. The first-order chi connectivity index (χ1) is 12.4. The van der Waals surface area contributed by atoms with Crippen molar-refractivity contribution in [1.82, 2.24) is 0 Å². The van der Waals surface area contributed by atoms with Crippen molar-refractivity contribution in [1.29, 1.82) is 0 Å². The van der Waals surface area contributed by atoms with Gasteiger partial charge in [0.15, 0.2) is 9.84 Å². The summed E-state index contributed by atoms with van der Waals surface area (Å²) in [5.74, 6) is 0.440. The van der Waals surface area contributed by atoms with Gasteiger partial charge in [0.05, 0.1) is 9.82 Å². The smallest absolute Gasteiger partial charge is 0.293 e. The summed E-state index contributed by atoms with van der Waals surface area (Å²) < 4.78 is 23.4. The van der Waals surface area contributed by atoms with E-state index < -0.39 is 14.8 Å². The van der Waals surface area contributed by atoms with Gasteiger partial charge in [-0.05, 0) is 42.9 Å². The highest BCUT2D eigenvalue weighted by Gasteiger charge is 2.25. The van der Waals surface area contributed by atoms with Gasteiger partial charge in [-0.25, -0.2) is 8.42 Å². The van der Waals surface area contributed by atoms with Gasteiger partial charge in [-0.3, -0.25) is 10.1 Å². The third-order valence-corrected chi connectivity index (χ3v) is 6.02. The van der Waals surface area contributed by atoms with Crippen LogP contribution in [0.2, 0.25) is 0 Å². The molecule has 1 atom stereocenters. The SMILES string of the molecule is CS(=O)(=O)c1ccc(N2CCCC(c3ccccc3)CC2)c([N+](=O)[O-])c1. The second kappa shape index (κ2) is 7.45. The van der Waals surface area contributed by atoms with E-state index in [1.807, 2.05) is 23.1 Å². The monoisotopic (exact) mass is 374 g/mol. The van der Waals surface area contributed by atoms with Crippen LogP contribution in [0, 0.1) is 10.1 Å². The minimum Gasteiger partial charge on any atom is -0.366 e. The van der Waals surface area contributed by atoms with Gasteiger partial charge in [-0.15, -0.1) is 0 Å². The predicted molar refractivity (Wildman–Crippen MR) is 101 cm³/mol. The molecule has 2 aromatic rings. The molecule has 0 radical (unpaired) electrons. The molecule has 0 aromatic heterocycles. The van der Waals surface area contributed by atoms with Crippen LogP contribution in [0.25, 0.3) is 0 Å². The van der Waals surface area contributed by atoms with E-state index >= 15 is 0 Å². The Morgan fingerprint density at radius 2 is 1.81 bits per heavy atom. The maximum atomic E-state index is 11.7. The zero-order valence-corrected chi connectivity index (χ0v) is 15.5. The van der Waals surface area contributed by atoms with Gasteiger partial charge in [-0.2, -0.15) is 0 Å². The van der Waals surface area contributed by atoms with E-state index in [1.165, 1.54) is 17.7 Å². The number of rotatable bonds is 4. The molecule has 1 saturated heterocycles. The summed E-state index contributed by atoms with van der Waals surface area (Å²) in [6.07, 6.45) is 3.94. The number of nitrogens with zero attached hydrogens (tertiary/aromatic N) is 2. The third-order valence-electron chi connectivity index (χ3n) is 4.91. The van der Waals surface area contributed by atoms with Crippen molar-refractivity contribution < 1.29 is 13.3 Å². The molecular formula is C19H22N2O4S. The summed E-state index contributed by atoms with van der Waals surface area (Å²) in [4.78, 5) is 13.0. The first-order valence-corrected chi connectivity index (χ1v) is 10.5. The van der Waals surface area contributed by atoms with Crippen molar-refractivity contribution in [3.05, 3.63) is 64.2 Å². The number of benzene rings is 2. The highest BCUT2D eigenvalue weighted by Crippen LogP contribution is 2.35. The Hall–Kier alpha value is -2.41. The van der Waals surface area contributed by atoms with E-state index in [-0.39, 0.29) is 10.6 Å². The summed E-state index contributed by atoms with van der Waals surface area (Å²) >= 11 is 0. The maximum Gasteiger partial charge on any atom is 0.293 e. The summed E-state index contributed by atoms with van der Waals surface area (Å²) in [6.45, 7) is 1.43. The first-order valence-electron chi connectivity index (χ1n) is 8.64. The topological polar surface area (TPSA) is 80.5 Å². The zero-order valence-electron chi connectivity index (χ0n) is 14.7. The molecule has 0 aliphatic carbocycles. The normalized spacial score (nSPS) is 18.3. The van der Waals surface area contributed by atoms with Crippen LogP contribution in [0.1, 0.15) is 30.7 Å². The second-order valence-corrected chi connectivity index (χ2v) is 8.72. The van der Waals surface area contributed by atoms with Crippen LogP contribution >= 0.6 is 0 Å². The van der Waals surface area contributed by atoms with Gasteiger partial charge in [-0.1, -0.05) is 30.3 Å². The average Bonchev–Trinajstić information content (AvgIpc) is 2.87. The van der Waals surface area contributed by atoms with E-state index in [9.17, 15) is 18.5 Å². The molecule has 2 aromatic carbocycles. The van der Waals surface area contributed by atoms with Crippen LogP contribution in [0.3, 0.4) is 0 Å². The van der Waals surface area contributed by atoms with E-state index in [0.29, 0.717) is 18.2 Å². The molecule has 1 aliphatic heterocycles. The van der Waals surface area contributed by atoms with Crippen LogP contribution in [-0.4, -0.2) is 32.7 Å². The molecule has 26 heavy (non-hydrogen) atoms. The quantitative estimate of drug-likeness (QED) is 0.601. The molecule has 6 nitrogen and oxygen atoms in total. The molecule has 1 aliphatic rings. The standard InChI is InChI=1S/C19H22N2O4S/c1-26(24,25)17-9-10-18(19(14-17)21(22)23)20-12-5-8-16(11-13-20)15-6-3-2-4-7-15/h2-4,6-7,9-10,14,16H,5,8,11-13H2,1H3. The molecular weight excluding hydrogens is 352 g/mol. The predicted octanol–water partition coefficient (Wildman–Crippen LogP) is 3.77. The third kappa shape index (κ3) is 4.04. The van der Waals surface area contributed by atoms with Gasteiger partial charge in [0.2, 0.25) is 0 Å². The fourth-order valence-corrected chi connectivity index (χ4v) is 4.18. The molecule has 0 amide bonds. The van der Waals surface area contributed by atoms with Crippen LogP contribution in [-0.2, 0) is 9.84 Å². The largest absolute Gasteiger partial charge is 0.366 e. The highest BCUT2D eigenvalue weighted by molar-refractivity contribution is 7.90. The summed E-state index contributed by atoms with van der Waals surface area (Å²) in [6, 6.07) is 14.5. The highest BCUT2D eigenvalue weighted by atomic mass is 32.2. The number of anilines is 1. The van der Waals surface area contributed by atoms with E-state index in [0.717, 1.165) is 32.1 Å². The Labute approximate surface area is 153 Å². The number of nitro groups is 1. The lowest BCUT2D eigenvalue weighted by molar-refractivity contribution is -0.384. The van der Waals surface area contributed by atoms with Crippen LogP contribution in [0.15, 0.2) is 53.4 Å². The van der Waals surface area contributed by atoms with Crippen molar-refractivity contribution in [3.63, 3.8) is 0 Å². The lowest BCUT2D eigenvalue weighted by atomic mass is 9.92. The number of hydrogen-bond donors (Lipinski definition) is 0. The summed E-state index contributed by atoms with van der Waals surface area (Å²) in [7, 11) is -3.48. The Morgan fingerprint density at radius 3 is 2.46 bits per heavy atom. The van der Waals surface area contributed by atoms with Crippen LogP contribution < -0.4 is 4.90 Å². The van der Waals surface area contributed by atoms with Gasteiger partial charge in [0, 0.05) is 25.4 Å². The van der Waals surface area contributed by atoms with Crippen LogP contribution in [0.4, 0.5) is 11.4 Å². The molecule has 0 bridgehead atoms. The first kappa shape index (κ1) is 18.4. The van der Waals surface area contributed by atoms with E-state index in [4.69, 9.17) is 0 Å². The number of hydrogen-bond acceptors (Lipinski definition) is 5. The lowest BCUT2D eigenvalue weighted by Crippen LogP contribution is -2.25. The van der Waals surface area contributed by atoms with Crippen molar-refractivity contribution in [3.8, 4) is 0 Å². The lowest BCUT2D eigenvalue weighted by Gasteiger charge is -2.23. The van der Waals surface area contributed by atoms with Gasteiger partial charge in [0.1, 0.15) is 5.69 Å². The average molecular weight is 374 g/mol. The number of nitro benzene ring substituents is 1. The van der Waals surface area contributed by atoms with Crippen LogP contribution in [0.5, 0.6) is 0 Å². The molecule has 1 unspecified atom stereocenters. The van der Waals surface area contributed by atoms with Crippen molar-refractivity contribution in [2.45, 2.75) is 30.1 Å². The minimum atomic E-state index is -3.48. The van der Waals surface area contributed by atoms with Gasteiger partial charge < -0.3 is 4.90 Å². The molecule has 138 valence electrons. The molecule has 1 fully saturated rings. The van der Waals surface area contributed by atoms with E-state index in [1.54, 1.807) is 6.07 Å². The van der Waals surface area contributed by atoms with Crippen molar-refractivity contribution >= 4 is 21.2 Å². The van der Waals surface area contributed by atoms with Gasteiger partial charge in [0.25, 0.3) is 5.69 Å². The van der Waals surface area contributed by atoms with E-state index in [2.05, 4.69) is 12.1 Å². The van der Waals surface area contributed by atoms with Gasteiger partial charge >= 0.3 is 0 Å². The Kier molecular flexibility index (Phi) is 5.27. The molecule has 0 saturated carbocycles. The Morgan fingerprint density at radius 1 is 1.08 bits per heavy atom. The molecule has 3 rings (SSSR count). The fourth-order valence-electron chi connectivity index (χ4n) is 3.54. The number of sulfone groups is 1. The molecule has 1 heterocycles. The minimum absolute atomic E-state index is 0.0232. The molecule has 0 spiro atoms. The Bertz CT molecular complexity index is 897. The maximum absolute atomic E-state index is 11.7. The second-order valence-electron chi connectivity index (χ2n) is 6.71. The Balaban J connectivity index is 1.86.